The van der Waals surface area contributed by atoms with E-state index < -0.39 is 18.9 Å². The molecule has 1 aliphatic rings. The van der Waals surface area contributed by atoms with E-state index in [4.69, 9.17) is 9.47 Å². The van der Waals surface area contributed by atoms with E-state index >= 15 is 0 Å². The van der Waals surface area contributed by atoms with Gasteiger partial charge in [0.05, 0.1) is 6.10 Å². The van der Waals surface area contributed by atoms with Crippen molar-refractivity contribution in [2.24, 2.45) is 0 Å². The molecule has 1 saturated heterocycles. The van der Waals surface area contributed by atoms with E-state index in [9.17, 15) is 13.6 Å². The number of rotatable bonds is 6. The van der Waals surface area contributed by atoms with Crippen molar-refractivity contribution in [3.05, 3.63) is 24.0 Å². The predicted octanol–water partition coefficient (Wildman–Crippen LogP) is 0.834. The second-order valence-corrected chi connectivity index (χ2v) is 4.81. The van der Waals surface area contributed by atoms with Crippen molar-refractivity contribution in [3.63, 3.8) is 0 Å². The Morgan fingerprint density at radius 3 is 3.27 bits per heavy atom. The number of hydrogen-bond donors (Lipinski definition) is 2. The monoisotopic (exact) mass is 315 g/mol. The lowest BCUT2D eigenvalue weighted by atomic mass is 10.3. The highest BCUT2D eigenvalue weighted by Gasteiger charge is 2.18. The Labute approximate surface area is 127 Å². The number of carbonyl (C=O) groups excluding carboxylic acids is 1. The first-order valence-electron chi connectivity index (χ1n) is 7.13. The van der Waals surface area contributed by atoms with Crippen molar-refractivity contribution in [2.45, 2.75) is 19.0 Å². The lowest BCUT2D eigenvalue weighted by molar-refractivity contribution is 0.0619. The standard InChI is InChI=1S/C14H19F2N3O3/c15-12(16)9-22-11-3-1-5-18-13(11)14(20)19-8-10-7-17-4-2-6-21-10/h1,3,5,10,12,17H,2,4,6-9H2,(H,19,20). The largest absolute Gasteiger partial charge is 0.485 e. The number of hydrogen-bond acceptors (Lipinski definition) is 5. The third kappa shape index (κ3) is 5.19. The molecule has 6 nitrogen and oxygen atoms in total. The van der Waals surface area contributed by atoms with E-state index in [1.807, 2.05) is 0 Å². The van der Waals surface area contributed by atoms with E-state index in [2.05, 4.69) is 15.6 Å². The molecule has 0 bridgehead atoms. The van der Waals surface area contributed by atoms with Gasteiger partial charge in [0.1, 0.15) is 6.61 Å². The van der Waals surface area contributed by atoms with Crippen molar-refractivity contribution < 1.29 is 23.0 Å². The first kappa shape index (κ1) is 16.6. The van der Waals surface area contributed by atoms with Crippen molar-refractivity contribution in [3.8, 4) is 5.75 Å². The normalized spacial score (nSPS) is 18.8. The molecule has 0 radical (unpaired) electrons. The smallest absolute Gasteiger partial charge is 0.273 e. The van der Waals surface area contributed by atoms with Crippen LogP contribution in [0.4, 0.5) is 8.78 Å². The van der Waals surface area contributed by atoms with Crippen LogP contribution in [0, 0.1) is 0 Å². The Bertz CT molecular complexity index is 480. The zero-order valence-electron chi connectivity index (χ0n) is 12.1. The first-order chi connectivity index (χ1) is 10.7. The minimum Gasteiger partial charge on any atom is -0.485 e. The zero-order chi connectivity index (χ0) is 15.8. The highest BCUT2D eigenvalue weighted by Crippen LogP contribution is 2.16. The van der Waals surface area contributed by atoms with Crippen LogP contribution in [0.1, 0.15) is 16.9 Å². The van der Waals surface area contributed by atoms with Crippen molar-refractivity contribution >= 4 is 5.91 Å². The number of pyridine rings is 1. The van der Waals surface area contributed by atoms with Gasteiger partial charge in [0.15, 0.2) is 11.4 Å². The van der Waals surface area contributed by atoms with Crippen LogP contribution < -0.4 is 15.4 Å². The summed E-state index contributed by atoms with van der Waals surface area (Å²) in [6.07, 6.45) is -0.397. The molecule has 0 saturated carbocycles. The minimum atomic E-state index is -2.61. The van der Waals surface area contributed by atoms with Gasteiger partial charge in [-0.1, -0.05) is 0 Å². The molecule has 2 N–H and O–H groups in total. The van der Waals surface area contributed by atoms with E-state index in [0.717, 1.165) is 13.0 Å². The summed E-state index contributed by atoms with van der Waals surface area (Å²) in [4.78, 5) is 16.0. The molecule has 0 aliphatic carbocycles. The van der Waals surface area contributed by atoms with Crippen molar-refractivity contribution in [1.82, 2.24) is 15.6 Å². The minimum absolute atomic E-state index is 0.00951. The van der Waals surface area contributed by atoms with Gasteiger partial charge in [-0.25, -0.2) is 13.8 Å². The number of aromatic nitrogens is 1. The maximum absolute atomic E-state index is 12.2. The van der Waals surface area contributed by atoms with Gasteiger partial charge in [0, 0.05) is 25.9 Å². The molecule has 1 fully saturated rings. The van der Waals surface area contributed by atoms with Crippen LogP contribution in [0.15, 0.2) is 18.3 Å². The topological polar surface area (TPSA) is 72.5 Å². The van der Waals surface area contributed by atoms with Gasteiger partial charge in [0.25, 0.3) is 12.3 Å². The zero-order valence-corrected chi connectivity index (χ0v) is 12.1. The second-order valence-electron chi connectivity index (χ2n) is 4.81. The van der Waals surface area contributed by atoms with E-state index in [-0.39, 0.29) is 17.5 Å². The van der Waals surface area contributed by atoms with Crippen LogP contribution in [-0.4, -0.2) is 56.3 Å². The predicted molar refractivity (Wildman–Crippen MR) is 75.3 cm³/mol. The first-order valence-corrected chi connectivity index (χ1v) is 7.13. The Hall–Kier alpha value is -1.80. The number of alkyl halides is 2. The fourth-order valence-corrected chi connectivity index (χ4v) is 2.02. The third-order valence-corrected chi connectivity index (χ3v) is 3.06. The highest BCUT2D eigenvalue weighted by atomic mass is 19.3. The molecule has 8 heteroatoms. The maximum atomic E-state index is 12.2. The van der Waals surface area contributed by atoms with Crippen molar-refractivity contribution in [2.75, 3.05) is 32.8 Å². The molecule has 0 aromatic carbocycles. The van der Waals surface area contributed by atoms with Crippen LogP contribution in [0.25, 0.3) is 0 Å². The van der Waals surface area contributed by atoms with Gasteiger partial charge >= 0.3 is 0 Å². The molecular weight excluding hydrogens is 296 g/mol. The molecule has 1 amide bonds. The molecular formula is C14H19F2N3O3. The molecule has 2 heterocycles. The Morgan fingerprint density at radius 2 is 2.45 bits per heavy atom. The van der Waals surface area contributed by atoms with Crippen LogP contribution in [0.5, 0.6) is 5.75 Å². The number of amides is 1. The van der Waals surface area contributed by atoms with Gasteiger partial charge in [-0.15, -0.1) is 0 Å². The Morgan fingerprint density at radius 1 is 1.59 bits per heavy atom. The average molecular weight is 315 g/mol. The van der Waals surface area contributed by atoms with Crippen LogP contribution in [-0.2, 0) is 4.74 Å². The lowest BCUT2D eigenvalue weighted by Crippen LogP contribution is -2.38. The van der Waals surface area contributed by atoms with Gasteiger partial charge < -0.3 is 20.1 Å². The fraction of sp³-hybridized carbons (Fsp3) is 0.571. The summed E-state index contributed by atoms with van der Waals surface area (Å²) in [6, 6.07) is 2.96. The number of nitrogens with one attached hydrogen (secondary N) is 2. The van der Waals surface area contributed by atoms with Crippen molar-refractivity contribution in [1.29, 1.82) is 0 Å². The molecule has 2 rings (SSSR count). The summed E-state index contributed by atoms with van der Waals surface area (Å²) in [6.45, 7) is 1.71. The molecule has 1 aromatic heterocycles. The van der Waals surface area contributed by atoms with Gasteiger partial charge in [-0.3, -0.25) is 4.79 Å². The van der Waals surface area contributed by atoms with Gasteiger partial charge in [-0.05, 0) is 25.1 Å². The molecule has 0 spiro atoms. The van der Waals surface area contributed by atoms with Gasteiger partial charge in [-0.2, -0.15) is 0 Å². The van der Waals surface area contributed by atoms with Gasteiger partial charge in [0.2, 0.25) is 0 Å². The number of carbonyl (C=O) groups is 1. The fourth-order valence-electron chi connectivity index (χ4n) is 2.02. The number of ether oxygens (including phenoxy) is 2. The van der Waals surface area contributed by atoms with Crippen LogP contribution in [0.2, 0.25) is 0 Å². The average Bonchev–Trinajstić information content (AvgIpc) is 2.79. The Balaban J connectivity index is 1.91. The molecule has 1 aliphatic heterocycles. The molecule has 1 atom stereocenters. The highest BCUT2D eigenvalue weighted by molar-refractivity contribution is 5.94. The maximum Gasteiger partial charge on any atom is 0.273 e. The quantitative estimate of drug-likeness (QED) is 0.814. The lowest BCUT2D eigenvalue weighted by Gasteiger charge is -2.16. The summed E-state index contributed by atoms with van der Waals surface area (Å²) in [5.41, 5.74) is -0.00951. The molecule has 1 aromatic rings. The third-order valence-electron chi connectivity index (χ3n) is 3.06. The molecule has 22 heavy (non-hydrogen) atoms. The van der Waals surface area contributed by atoms with E-state index in [0.29, 0.717) is 19.7 Å². The van der Waals surface area contributed by atoms with Crippen LogP contribution in [0.3, 0.4) is 0 Å². The molecule has 1 unspecified atom stereocenters. The number of halogens is 2. The van der Waals surface area contributed by atoms with E-state index in [1.54, 1.807) is 0 Å². The Kier molecular flexibility index (Phi) is 6.47. The van der Waals surface area contributed by atoms with Crippen LogP contribution >= 0.6 is 0 Å². The SMILES string of the molecule is O=C(NCC1CNCCCO1)c1ncccc1OCC(F)F. The van der Waals surface area contributed by atoms with E-state index in [1.165, 1.54) is 18.3 Å². The summed E-state index contributed by atoms with van der Waals surface area (Å²) in [5.74, 6) is -0.432. The second kappa shape index (κ2) is 8.60. The summed E-state index contributed by atoms with van der Waals surface area (Å²) in [7, 11) is 0. The summed E-state index contributed by atoms with van der Waals surface area (Å²) >= 11 is 0. The number of nitrogens with zero attached hydrogens (tertiary/aromatic N) is 1. The summed E-state index contributed by atoms with van der Waals surface area (Å²) < 4.78 is 34.9. The molecule has 122 valence electrons. The summed E-state index contributed by atoms with van der Waals surface area (Å²) in [5, 5.41) is 5.90.